The molecular weight excluding hydrogens is 419 g/mol. The van der Waals surface area contributed by atoms with Crippen LogP contribution in [-0.4, -0.2) is 15.5 Å². The third-order valence-corrected chi connectivity index (χ3v) is 5.55. The number of benzene rings is 3. The number of hydrogen-bond acceptors (Lipinski definition) is 4. The van der Waals surface area contributed by atoms with Gasteiger partial charge in [0.1, 0.15) is 11.5 Å². The van der Waals surface area contributed by atoms with Crippen LogP contribution in [-0.2, 0) is 16.2 Å². The Morgan fingerprint density at radius 3 is 2.03 bits per heavy atom. The Morgan fingerprint density at radius 2 is 1.47 bits per heavy atom. The number of rotatable bonds is 6. The molecule has 0 saturated carbocycles. The lowest BCUT2D eigenvalue weighted by molar-refractivity contribution is -0.137. The quantitative estimate of drug-likeness (QED) is 0.544. The summed E-state index contributed by atoms with van der Waals surface area (Å²) in [5.74, 6) is 0.783. The van der Waals surface area contributed by atoms with E-state index in [0.29, 0.717) is 17.6 Å². The highest BCUT2D eigenvalue weighted by Crippen LogP contribution is 2.38. The number of methoxy groups -OCH3 is 1. The molecule has 5 nitrogen and oxygen atoms in total. The molecule has 30 heavy (non-hydrogen) atoms. The van der Waals surface area contributed by atoms with Gasteiger partial charge in [0.15, 0.2) is 5.75 Å². The minimum absolute atomic E-state index is 0.0798. The number of ether oxygens (including phenoxy) is 2. The Hall–Kier alpha value is -3.20. The lowest BCUT2D eigenvalue weighted by Crippen LogP contribution is -2.15. The third kappa shape index (κ3) is 5.04. The molecule has 0 unspecified atom stereocenters. The van der Waals surface area contributed by atoms with Crippen LogP contribution >= 0.6 is 0 Å². The Kier molecular flexibility index (Phi) is 5.93. The fourth-order valence-corrected chi connectivity index (χ4v) is 3.63. The molecule has 0 saturated heterocycles. The van der Waals surface area contributed by atoms with Gasteiger partial charge in [-0.3, -0.25) is 4.72 Å². The summed E-state index contributed by atoms with van der Waals surface area (Å²) in [5, 5.41) is 0. The molecule has 3 aromatic carbocycles. The Balaban J connectivity index is 1.99. The molecule has 0 aromatic heterocycles. The van der Waals surface area contributed by atoms with Crippen molar-refractivity contribution in [3.63, 3.8) is 0 Å². The molecule has 3 aromatic rings. The zero-order valence-electron chi connectivity index (χ0n) is 16.0. The molecule has 158 valence electrons. The zero-order valence-corrected chi connectivity index (χ0v) is 16.8. The van der Waals surface area contributed by atoms with E-state index in [1.54, 1.807) is 43.3 Å². The Labute approximate surface area is 172 Å². The molecular formula is C21H18F3NO4S. The second-order valence-electron chi connectivity index (χ2n) is 6.40. The van der Waals surface area contributed by atoms with E-state index in [-0.39, 0.29) is 16.3 Å². The highest BCUT2D eigenvalue weighted by molar-refractivity contribution is 7.92. The lowest BCUT2D eigenvalue weighted by atomic mass is 10.2. The van der Waals surface area contributed by atoms with E-state index in [4.69, 9.17) is 9.47 Å². The van der Waals surface area contributed by atoms with E-state index in [0.717, 1.165) is 17.7 Å². The summed E-state index contributed by atoms with van der Waals surface area (Å²) in [4.78, 5) is -0.0825. The first-order valence-corrected chi connectivity index (χ1v) is 10.2. The molecule has 0 aliphatic heterocycles. The number of anilines is 1. The first kappa shape index (κ1) is 21.5. The summed E-state index contributed by atoms with van der Waals surface area (Å²) in [5.41, 5.74) is -0.496. The maximum atomic E-state index is 13.2. The fraction of sp³-hybridized carbons (Fsp3) is 0.143. The Morgan fingerprint density at radius 1 is 0.867 bits per heavy atom. The van der Waals surface area contributed by atoms with Gasteiger partial charge in [-0.25, -0.2) is 8.42 Å². The molecule has 0 aliphatic carbocycles. The summed E-state index contributed by atoms with van der Waals surface area (Å²) in [6.07, 6.45) is -4.65. The van der Waals surface area contributed by atoms with Crippen LogP contribution in [0.25, 0.3) is 0 Å². The Bertz CT molecular complexity index is 1130. The van der Waals surface area contributed by atoms with Crippen LogP contribution in [0.2, 0.25) is 0 Å². The molecule has 0 atom stereocenters. The fourth-order valence-electron chi connectivity index (χ4n) is 2.57. The summed E-state index contributed by atoms with van der Waals surface area (Å²) in [7, 11) is -2.65. The molecule has 0 heterocycles. The van der Waals surface area contributed by atoms with Crippen molar-refractivity contribution in [2.45, 2.75) is 18.0 Å². The van der Waals surface area contributed by atoms with Crippen molar-refractivity contribution in [2.75, 3.05) is 11.8 Å². The second-order valence-corrected chi connectivity index (χ2v) is 8.09. The van der Waals surface area contributed by atoms with Crippen LogP contribution in [0.15, 0.2) is 71.6 Å². The number of nitrogens with one attached hydrogen (secondary N) is 1. The highest BCUT2D eigenvalue weighted by atomic mass is 32.2. The van der Waals surface area contributed by atoms with Gasteiger partial charge in [0.2, 0.25) is 0 Å². The van der Waals surface area contributed by atoms with Crippen molar-refractivity contribution in [3.8, 4) is 17.2 Å². The number of sulfonamides is 1. The molecule has 0 bridgehead atoms. The molecule has 9 heteroatoms. The van der Waals surface area contributed by atoms with E-state index in [9.17, 15) is 21.6 Å². The van der Waals surface area contributed by atoms with Gasteiger partial charge in [-0.1, -0.05) is 17.7 Å². The summed E-state index contributed by atoms with van der Waals surface area (Å²) in [6.45, 7) is 1.79. The van der Waals surface area contributed by atoms with Crippen molar-refractivity contribution in [3.05, 3.63) is 77.9 Å². The largest absolute Gasteiger partial charge is 0.497 e. The van der Waals surface area contributed by atoms with Crippen LogP contribution in [0.3, 0.4) is 0 Å². The number of aryl methyl sites for hydroxylation is 1. The standard InChI is InChI=1S/C21H18F3NO4S/c1-14-3-10-18(11-4-14)30(26,27)25-19-13-15(21(22,23)24)5-12-20(19)29-17-8-6-16(28-2)7-9-17/h3-13,25H,1-2H3. The van der Waals surface area contributed by atoms with Gasteiger partial charge < -0.3 is 9.47 Å². The molecule has 0 fully saturated rings. The van der Waals surface area contributed by atoms with Gasteiger partial charge in [-0.2, -0.15) is 13.2 Å². The van der Waals surface area contributed by atoms with Crippen LogP contribution < -0.4 is 14.2 Å². The normalized spacial score (nSPS) is 11.8. The number of alkyl halides is 3. The van der Waals surface area contributed by atoms with Crippen molar-refractivity contribution in [1.82, 2.24) is 0 Å². The molecule has 0 spiro atoms. The van der Waals surface area contributed by atoms with Crippen molar-refractivity contribution < 1.29 is 31.1 Å². The summed E-state index contributed by atoms with van der Waals surface area (Å²) < 4.78 is 77.8. The van der Waals surface area contributed by atoms with Gasteiger partial charge in [0, 0.05) is 0 Å². The first-order valence-electron chi connectivity index (χ1n) is 8.71. The van der Waals surface area contributed by atoms with Gasteiger partial charge in [-0.05, 0) is 61.5 Å². The molecule has 0 amide bonds. The van der Waals surface area contributed by atoms with Crippen LogP contribution in [0, 0.1) is 6.92 Å². The molecule has 1 N–H and O–H groups in total. The lowest BCUT2D eigenvalue weighted by Gasteiger charge is -2.16. The van der Waals surface area contributed by atoms with E-state index in [2.05, 4.69) is 4.72 Å². The first-order chi connectivity index (χ1) is 14.1. The maximum absolute atomic E-state index is 13.2. The summed E-state index contributed by atoms with van der Waals surface area (Å²) >= 11 is 0. The summed E-state index contributed by atoms with van der Waals surface area (Å²) in [6, 6.07) is 14.8. The minimum atomic E-state index is -4.65. The van der Waals surface area contributed by atoms with Crippen molar-refractivity contribution in [1.29, 1.82) is 0 Å². The topological polar surface area (TPSA) is 64.6 Å². The number of hydrogen-bond donors (Lipinski definition) is 1. The highest BCUT2D eigenvalue weighted by Gasteiger charge is 2.32. The third-order valence-electron chi connectivity index (χ3n) is 4.17. The SMILES string of the molecule is COc1ccc(Oc2ccc(C(F)(F)F)cc2NS(=O)(=O)c2ccc(C)cc2)cc1. The predicted octanol–water partition coefficient (Wildman–Crippen LogP) is 5.62. The van der Waals surface area contributed by atoms with Gasteiger partial charge in [0.25, 0.3) is 10.0 Å². The van der Waals surface area contributed by atoms with E-state index in [1.165, 1.54) is 19.2 Å². The number of halogens is 3. The van der Waals surface area contributed by atoms with Crippen molar-refractivity contribution in [2.24, 2.45) is 0 Å². The van der Waals surface area contributed by atoms with Crippen LogP contribution in [0.5, 0.6) is 17.2 Å². The van der Waals surface area contributed by atoms with E-state index in [1.807, 2.05) is 0 Å². The monoisotopic (exact) mass is 437 g/mol. The van der Waals surface area contributed by atoms with Gasteiger partial charge in [-0.15, -0.1) is 0 Å². The van der Waals surface area contributed by atoms with Crippen LogP contribution in [0.4, 0.5) is 18.9 Å². The smallest absolute Gasteiger partial charge is 0.416 e. The van der Waals surface area contributed by atoms with Crippen LogP contribution in [0.1, 0.15) is 11.1 Å². The van der Waals surface area contributed by atoms with Gasteiger partial charge >= 0.3 is 6.18 Å². The van der Waals surface area contributed by atoms with E-state index >= 15 is 0 Å². The predicted molar refractivity (Wildman–Crippen MR) is 106 cm³/mol. The van der Waals surface area contributed by atoms with Gasteiger partial charge in [0.05, 0.1) is 23.3 Å². The van der Waals surface area contributed by atoms with Crippen molar-refractivity contribution >= 4 is 15.7 Å². The average molecular weight is 437 g/mol. The molecule has 3 rings (SSSR count). The molecule has 0 aliphatic rings. The zero-order chi connectivity index (χ0) is 21.9. The van der Waals surface area contributed by atoms with E-state index < -0.39 is 21.8 Å². The minimum Gasteiger partial charge on any atom is -0.497 e. The maximum Gasteiger partial charge on any atom is 0.416 e. The molecule has 0 radical (unpaired) electrons. The second kappa shape index (κ2) is 8.27. The average Bonchev–Trinajstić information content (AvgIpc) is 2.69.